The van der Waals surface area contributed by atoms with Crippen molar-refractivity contribution in [1.29, 1.82) is 0 Å². The van der Waals surface area contributed by atoms with Crippen LogP contribution in [-0.4, -0.2) is 247 Å². The van der Waals surface area contributed by atoms with E-state index in [0.29, 0.717) is 0 Å². The molecule has 25 N–H and O–H groups in total. The molecule has 0 aromatic heterocycles. The Bertz CT molecular complexity index is 2540. The first-order chi connectivity index (χ1) is 41.3. The molecule has 89 heavy (non-hydrogen) atoms. The molecule has 0 spiro atoms. The molecule has 39 heteroatoms. The molecule has 38 nitrogen and oxygen atoms in total. The number of amides is 12. The highest BCUT2D eigenvalue weighted by Crippen LogP contribution is 2.10. The summed E-state index contributed by atoms with van der Waals surface area (Å²) in [5, 5.41) is 94.9. The van der Waals surface area contributed by atoms with E-state index in [1.54, 1.807) is 13.8 Å². The van der Waals surface area contributed by atoms with Crippen molar-refractivity contribution in [2.75, 3.05) is 32.0 Å². The van der Waals surface area contributed by atoms with Crippen molar-refractivity contribution in [3.8, 4) is 0 Å². The van der Waals surface area contributed by atoms with Gasteiger partial charge in [0.25, 0.3) is 0 Å². The van der Waals surface area contributed by atoms with Gasteiger partial charge >= 0.3 is 17.9 Å². The van der Waals surface area contributed by atoms with Crippen LogP contribution in [0.5, 0.6) is 0 Å². The Morgan fingerprint density at radius 2 is 0.888 bits per heavy atom. The normalized spacial score (nSPS) is 15.8. The van der Waals surface area contributed by atoms with Gasteiger partial charge < -0.3 is 117 Å². The highest BCUT2D eigenvalue weighted by Gasteiger charge is 2.37. The van der Waals surface area contributed by atoms with Crippen molar-refractivity contribution in [2.45, 2.75) is 172 Å². The number of aliphatic hydroxyl groups excluding tert-OH is 4. The molecule has 0 saturated heterocycles. The molecular weight excluding hydrogens is 1210 g/mol. The third kappa shape index (κ3) is 30.8. The summed E-state index contributed by atoms with van der Waals surface area (Å²) in [4.78, 5) is 197. The van der Waals surface area contributed by atoms with E-state index in [1.165, 1.54) is 20.8 Å². The number of carboxylic acid groups (broad SMARTS) is 3. The quantitative estimate of drug-likeness (QED) is 0.0117. The summed E-state index contributed by atoms with van der Waals surface area (Å²) in [6.07, 6.45) is -6.86. The van der Waals surface area contributed by atoms with Crippen molar-refractivity contribution in [1.82, 2.24) is 63.8 Å². The van der Waals surface area contributed by atoms with Crippen LogP contribution in [0.4, 0.5) is 0 Å². The molecular formula is C50H86N16O22S. The number of hydrogen-bond donors (Lipinski definition) is 23. The minimum absolute atomic E-state index is 0.0177. The largest absolute Gasteiger partial charge is 0.481 e. The number of rotatable bonds is 41. The summed E-state index contributed by atoms with van der Waals surface area (Å²) in [7, 11) is 0. The van der Waals surface area contributed by atoms with E-state index < -0.39 is 218 Å². The third-order valence-electron chi connectivity index (χ3n) is 12.4. The summed E-state index contributed by atoms with van der Waals surface area (Å²) >= 11 is 4.02. The number of thiol groups is 1. The maximum absolute atomic E-state index is 13.6. The maximum atomic E-state index is 13.6. The molecule has 0 unspecified atom stereocenters. The molecule has 0 radical (unpaired) electrons. The predicted molar refractivity (Wildman–Crippen MR) is 311 cm³/mol. The second kappa shape index (κ2) is 40.1. The van der Waals surface area contributed by atoms with Gasteiger partial charge in [0.2, 0.25) is 70.9 Å². The summed E-state index contributed by atoms with van der Waals surface area (Å²) < 4.78 is 0. The number of aliphatic carboxylic acids is 3. The van der Waals surface area contributed by atoms with Crippen molar-refractivity contribution in [3.05, 3.63) is 0 Å². The number of carbonyl (C=O) groups is 15. The molecule has 504 valence electrons. The van der Waals surface area contributed by atoms with E-state index in [-0.39, 0.29) is 37.7 Å². The van der Waals surface area contributed by atoms with Gasteiger partial charge in [-0.05, 0) is 58.8 Å². The topological polar surface area (TPSA) is 632 Å². The van der Waals surface area contributed by atoms with Crippen LogP contribution in [0.1, 0.15) is 87.5 Å². The van der Waals surface area contributed by atoms with E-state index in [0.717, 1.165) is 20.8 Å². The second-order valence-corrected chi connectivity index (χ2v) is 21.4. The Morgan fingerprint density at radius 3 is 1.36 bits per heavy atom. The zero-order valence-electron chi connectivity index (χ0n) is 50.2. The van der Waals surface area contributed by atoms with Crippen LogP contribution in [-0.2, 0) is 71.9 Å². The van der Waals surface area contributed by atoms with Gasteiger partial charge in [-0.3, -0.25) is 72.1 Å². The van der Waals surface area contributed by atoms with Gasteiger partial charge in [-0.1, -0.05) is 27.7 Å². The molecule has 0 rings (SSSR count). The fourth-order valence-corrected chi connectivity index (χ4v) is 7.73. The number of nitrogens with two attached hydrogens (primary N) is 3. The second-order valence-electron chi connectivity index (χ2n) is 21.1. The number of carboxylic acids is 3. The standard InChI is InChI=1S/C50H86N16O22S/c1-19(2)12-26(62-48(86)38(24(8)70)64-32(72)16-56-46(84)37(23(7)69)66-45(83)35(51)22(6)68)41(79)57-21(5)39(77)60-27(13-33(73)74)40(78)55-15-31(71)58-30(18-89)44(82)61-28(14-34(75)76)42(80)65-36(20(3)4)47(85)63-29(17-67)43(81)59-25(49(87)88)10-9-11-54-50(52)53/h19-30,35-38,67-70,89H,9-18,51H2,1-8H3,(H,55,78)(H,56,84)(H,57,79)(H,58,71)(H,59,81)(H,60,77)(H,61,82)(H,62,86)(H,63,85)(H,64,72)(H,65,80)(H,66,83)(H,73,74)(H,75,76)(H,87,88)(H4,52,53,54)/t21-,22+,23+,24+,25-,26-,27-,28-,29-,30-,35-,36-,37-,38-/m0/s1. The van der Waals surface area contributed by atoms with Gasteiger partial charge in [-0.15, -0.1) is 0 Å². The number of nitrogens with one attached hydrogen (secondary N) is 12. The molecule has 0 aromatic rings. The van der Waals surface area contributed by atoms with Crippen LogP contribution in [0, 0.1) is 11.8 Å². The number of aliphatic imine (C=N–C) groups is 1. The highest BCUT2D eigenvalue weighted by molar-refractivity contribution is 7.80. The number of aliphatic hydroxyl groups is 4. The predicted octanol–water partition coefficient (Wildman–Crippen LogP) is -10.7. The molecule has 12 amide bonds. The van der Waals surface area contributed by atoms with E-state index in [9.17, 15) is 108 Å². The van der Waals surface area contributed by atoms with Gasteiger partial charge in [0.15, 0.2) is 5.96 Å². The number of hydrogen-bond acceptors (Lipinski definition) is 22. The van der Waals surface area contributed by atoms with Crippen molar-refractivity contribution < 1.29 is 108 Å². The summed E-state index contributed by atoms with van der Waals surface area (Å²) in [6.45, 7) is 7.79. The molecule has 0 aliphatic carbocycles. The summed E-state index contributed by atoms with van der Waals surface area (Å²) in [6, 6.07) is -18.4. The van der Waals surface area contributed by atoms with Gasteiger partial charge in [0.05, 0.1) is 50.8 Å². The lowest BCUT2D eigenvalue weighted by atomic mass is 10.0. The first kappa shape index (κ1) is 80.5. The molecule has 0 aliphatic rings. The Balaban J connectivity index is 5.97. The maximum Gasteiger partial charge on any atom is 0.326 e. The van der Waals surface area contributed by atoms with Gasteiger partial charge in [-0.25, -0.2) is 4.79 Å². The van der Waals surface area contributed by atoms with E-state index in [2.05, 4.69) is 81.4 Å². The van der Waals surface area contributed by atoms with E-state index in [4.69, 9.17) is 17.2 Å². The molecule has 0 heterocycles. The van der Waals surface area contributed by atoms with E-state index in [1.807, 2.05) is 0 Å². The van der Waals surface area contributed by atoms with Crippen LogP contribution in [0.3, 0.4) is 0 Å². The van der Waals surface area contributed by atoms with Gasteiger partial charge in [-0.2, -0.15) is 12.6 Å². The highest BCUT2D eigenvalue weighted by atomic mass is 32.1. The first-order valence-electron chi connectivity index (χ1n) is 27.6. The monoisotopic (exact) mass is 1290 g/mol. The van der Waals surface area contributed by atoms with Crippen LogP contribution in [0.25, 0.3) is 0 Å². The lowest BCUT2D eigenvalue weighted by Crippen LogP contribution is -2.61. The zero-order chi connectivity index (χ0) is 68.7. The van der Waals surface area contributed by atoms with E-state index >= 15 is 0 Å². The Labute approximate surface area is 515 Å². The number of nitrogens with zero attached hydrogens (tertiary/aromatic N) is 1. The van der Waals surface area contributed by atoms with Crippen molar-refractivity contribution in [3.63, 3.8) is 0 Å². The van der Waals surface area contributed by atoms with Gasteiger partial charge in [0, 0.05) is 12.3 Å². The summed E-state index contributed by atoms with van der Waals surface area (Å²) in [5.74, 6) is -20.3. The fraction of sp³-hybridized carbons (Fsp3) is 0.680. The molecule has 0 bridgehead atoms. The van der Waals surface area contributed by atoms with Crippen LogP contribution < -0.4 is 81.0 Å². The average molecular weight is 1300 g/mol. The molecule has 0 fully saturated rings. The summed E-state index contributed by atoms with van der Waals surface area (Å²) in [5.41, 5.74) is 16.1. The third-order valence-corrected chi connectivity index (χ3v) is 12.8. The Kier molecular flexibility index (Phi) is 36.3. The average Bonchev–Trinajstić information content (AvgIpc) is 3.62. The molecule has 0 aliphatic heterocycles. The van der Waals surface area contributed by atoms with Gasteiger partial charge in [0.1, 0.15) is 66.5 Å². The van der Waals surface area contributed by atoms with Crippen LogP contribution in [0.15, 0.2) is 4.99 Å². The number of guanidine groups is 1. The Morgan fingerprint density at radius 1 is 0.461 bits per heavy atom. The Hall–Kier alpha value is -8.53. The zero-order valence-corrected chi connectivity index (χ0v) is 51.1. The minimum Gasteiger partial charge on any atom is -0.481 e. The van der Waals surface area contributed by atoms with Crippen LogP contribution >= 0.6 is 12.6 Å². The first-order valence-corrected chi connectivity index (χ1v) is 28.2. The van der Waals surface area contributed by atoms with Crippen LogP contribution in [0.2, 0.25) is 0 Å². The lowest BCUT2D eigenvalue weighted by molar-refractivity contribution is -0.143. The molecule has 0 aromatic carbocycles. The smallest absolute Gasteiger partial charge is 0.326 e. The minimum atomic E-state index is -1.96. The molecule has 0 saturated carbocycles. The van der Waals surface area contributed by atoms with Crippen molar-refractivity contribution in [2.24, 2.45) is 34.0 Å². The SMILES string of the molecule is CC(C)C[C@H](NC(=O)[C@@H](NC(=O)CNC(=O)[C@@H](NC(=O)[C@@H](N)[C@@H](C)O)[C@@H](C)O)[C@@H](C)O)C(=O)N[C@@H](C)C(=O)N[C@@H](CC(=O)O)C(=O)NCC(=O)N[C@@H](CS)C(=O)N[C@@H](CC(=O)O)C(=O)N[C@H](C(=O)N[C@@H](CO)C(=O)N[C@@H](CCCN=C(N)N)C(=O)O)C(C)C. The number of carbonyl (C=O) groups excluding carboxylic acids is 12. The van der Waals surface area contributed by atoms with Crippen molar-refractivity contribution >= 4 is 107 Å². The molecule has 14 atom stereocenters. The lowest BCUT2D eigenvalue weighted by Gasteiger charge is -2.27. The fourth-order valence-electron chi connectivity index (χ4n) is 7.47.